The molecule has 0 aliphatic heterocycles. The van der Waals surface area contributed by atoms with Gasteiger partial charge < -0.3 is 14.2 Å². The summed E-state index contributed by atoms with van der Waals surface area (Å²) >= 11 is 2.14. The van der Waals surface area contributed by atoms with Crippen molar-refractivity contribution in [3.05, 3.63) is 57.2 Å². The summed E-state index contributed by atoms with van der Waals surface area (Å²) in [7, 11) is 2.99. The maximum atomic E-state index is 12.2. The maximum absolute atomic E-state index is 12.2. The van der Waals surface area contributed by atoms with Gasteiger partial charge in [-0.3, -0.25) is 4.79 Å². The highest BCUT2D eigenvalue weighted by molar-refractivity contribution is 14.1. The molecule has 0 radical (unpaired) electrons. The van der Waals surface area contributed by atoms with Crippen molar-refractivity contribution in [2.24, 2.45) is 0 Å². The molecule has 0 aliphatic carbocycles. The molecule has 23 heavy (non-hydrogen) atoms. The number of hydrogen-bond donors (Lipinski definition) is 0. The van der Waals surface area contributed by atoms with Gasteiger partial charge in [0, 0.05) is 9.64 Å². The fraction of sp³-hybridized carbons (Fsp3) is 0.176. The minimum atomic E-state index is -0.540. The van der Waals surface area contributed by atoms with Gasteiger partial charge in [0.25, 0.3) is 0 Å². The molecule has 5 nitrogen and oxygen atoms in total. The summed E-state index contributed by atoms with van der Waals surface area (Å²) in [5, 5.41) is 0. The molecule has 6 heteroatoms. The van der Waals surface area contributed by atoms with E-state index >= 15 is 0 Å². The van der Waals surface area contributed by atoms with Gasteiger partial charge >= 0.3 is 5.97 Å². The average Bonchev–Trinajstić information content (AvgIpc) is 2.59. The zero-order valence-electron chi connectivity index (χ0n) is 12.7. The minimum Gasteiger partial charge on any atom is -0.497 e. The van der Waals surface area contributed by atoms with Crippen LogP contribution in [0.15, 0.2) is 42.5 Å². The Kier molecular flexibility index (Phi) is 5.97. The van der Waals surface area contributed by atoms with Crippen molar-refractivity contribution in [3.63, 3.8) is 0 Å². The van der Waals surface area contributed by atoms with Crippen molar-refractivity contribution < 1.29 is 23.8 Å². The van der Waals surface area contributed by atoms with Gasteiger partial charge in [0.1, 0.15) is 11.5 Å². The summed E-state index contributed by atoms with van der Waals surface area (Å²) in [6.07, 6.45) is 0. The van der Waals surface area contributed by atoms with Crippen molar-refractivity contribution in [1.82, 2.24) is 0 Å². The lowest BCUT2D eigenvalue weighted by Gasteiger charge is -2.10. The Morgan fingerprint density at radius 3 is 2.30 bits per heavy atom. The van der Waals surface area contributed by atoms with Crippen LogP contribution in [0.2, 0.25) is 0 Å². The van der Waals surface area contributed by atoms with Crippen LogP contribution >= 0.6 is 22.6 Å². The molecule has 0 unspecified atom stereocenters. The molecule has 120 valence electrons. The minimum absolute atomic E-state index is 0.337. The highest BCUT2D eigenvalue weighted by atomic mass is 127. The maximum Gasteiger partial charge on any atom is 0.338 e. The highest BCUT2D eigenvalue weighted by Gasteiger charge is 2.16. The topological polar surface area (TPSA) is 61.8 Å². The number of halogens is 1. The normalized spacial score (nSPS) is 10.0. The molecule has 2 rings (SSSR count). The Balaban J connectivity index is 2.04. The summed E-state index contributed by atoms with van der Waals surface area (Å²) in [6.45, 7) is -0.354. The van der Waals surface area contributed by atoms with Gasteiger partial charge in [-0.25, -0.2) is 4.79 Å². The van der Waals surface area contributed by atoms with Crippen molar-refractivity contribution in [1.29, 1.82) is 0 Å². The molecule has 0 bridgehead atoms. The van der Waals surface area contributed by atoms with E-state index in [2.05, 4.69) is 22.6 Å². The van der Waals surface area contributed by atoms with E-state index in [9.17, 15) is 9.59 Å². The molecular formula is C17H15IO5. The second kappa shape index (κ2) is 7.96. The van der Waals surface area contributed by atoms with Crippen LogP contribution in [0, 0.1) is 3.57 Å². The van der Waals surface area contributed by atoms with Gasteiger partial charge in [-0.1, -0.05) is 0 Å². The second-order valence-electron chi connectivity index (χ2n) is 4.57. The number of Topliss-reactive ketones (excluding diaryl/α,β-unsaturated/α-hetero) is 1. The van der Waals surface area contributed by atoms with Crippen molar-refractivity contribution in [2.45, 2.75) is 0 Å². The van der Waals surface area contributed by atoms with E-state index in [1.165, 1.54) is 14.2 Å². The van der Waals surface area contributed by atoms with E-state index in [1.807, 2.05) is 0 Å². The number of carbonyl (C=O) groups excluding carboxylic acids is 2. The van der Waals surface area contributed by atoms with E-state index in [0.717, 1.165) is 3.57 Å². The van der Waals surface area contributed by atoms with Crippen LogP contribution in [-0.2, 0) is 4.74 Å². The zero-order valence-corrected chi connectivity index (χ0v) is 14.8. The van der Waals surface area contributed by atoms with Crippen LogP contribution in [-0.4, -0.2) is 32.6 Å². The molecule has 0 heterocycles. The van der Waals surface area contributed by atoms with Gasteiger partial charge in [0.2, 0.25) is 5.78 Å². The highest BCUT2D eigenvalue weighted by Crippen LogP contribution is 2.25. The average molecular weight is 426 g/mol. The SMILES string of the molecule is COc1ccc(C(=O)COC(=O)c2ccc(I)cc2)c(OC)c1. The van der Waals surface area contributed by atoms with Gasteiger partial charge in [-0.05, 0) is 59.0 Å². The molecule has 0 N–H and O–H groups in total. The number of carbonyl (C=O) groups is 2. The molecule has 2 aromatic rings. The number of rotatable bonds is 6. The molecule has 0 fully saturated rings. The van der Waals surface area contributed by atoms with Gasteiger partial charge in [-0.15, -0.1) is 0 Å². The summed E-state index contributed by atoms with van der Waals surface area (Å²) in [4.78, 5) is 24.1. The summed E-state index contributed by atoms with van der Waals surface area (Å²) in [5.41, 5.74) is 0.739. The van der Waals surface area contributed by atoms with E-state index in [1.54, 1.807) is 42.5 Å². The first-order chi connectivity index (χ1) is 11.0. The predicted molar refractivity (Wildman–Crippen MR) is 93.3 cm³/mol. The number of benzene rings is 2. The zero-order chi connectivity index (χ0) is 16.8. The van der Waals surface area contributed by atoms with Crippen LogP contribution in [0.1, 0.15) is 20.7 Å². The van der Waals surface area contributed by atoms with E-state index in [0.29, 0.717) is 22.6 Å². The Bertz CT molecular complexity index is 709. The monoisotopic (exact) mass is 426 g/mol. The summed E-state index contributed by atoms with van der Waals surface area (Å²) < 4.78 is 16.3. The molecule has 0 saturated heterocycles. The lowest BCUT2D eigenvalue weighted by molar-refractivity contribution is 0.0474. The summed E-state index contributed by atoms with van der Waals surface area (Å²) in [6, 6.07) is 11.7. The van der Waals surface area contributed by atoms with Gasteiger partial charge in [-0.2, -0.15) is 0 Å². The van der Waals surface area contributed by atoms with Crippen LogP contribution < -0.4 is 9.47 Å². The fourth-order valence-electron chi connectivity index (χ4n) is 1.91. The van der Waals surface area contributed by atoms with E-state index in [-0.39, 0.29) is 12.4 Å². The Hall–Kier alpha value is -2.09. The fourth-order valence-corrected chi connectivity index (χ4v) is 2.27. The number of methoxy groups -OCH3 is 2. The van der Waals surface area contributed by atoms with E-state index in [4.69, 9.17) is 14.2 Å². The first-order valence-corrected chi connectivity index (χ1v) is 7.81. The van der Waals surface area contributed by atoms with Crippen LogP contribution in [0.5, 0.6) is 11.5 Å². The Labute approximate surface area is 147 Å². The van der Waals surface area contributed by atoms with E-state index < -0.39 is 5.97 Å². The second-order valence-corrected chi connectivity index (χ2v) is 5.82. The molecule has 0 spiro atoms. The third-order valence-corrected chi connectivity index (χ3v) is 3.84. The van der Waals surface area contributed by atoms with Gasteiger partial charge in [0.05, 0.1) is 25.3 Å². The van der Waals surface area contributed by atoms with Crippen LogP contribution in [0.4, 0.5) is 0 Å². The van der Waals surface area contributed by atoms with Crippen LogP contribution in [0.25, 0.3) is 0 Å². The number of ketones is 1. The molecular weight excluding hydrogens is 411 g/mol. The Morgan fingerprint density at radius 2 is 1.70 bits per heavy atom. The number of ether oxygens (including phenoxy) is 3. The van der Waals surface area contributed by atoms with Gasteiger partial charge in [0.15, 0.2) is 6.61 Å². The molecule has 0 saturated carbocycles. The molecule has 0 amide bonds. The third kappa shape index (κ3) is 4.44. The first-order valence-electron chi connectivity index (χ1n) is 6.73. The lowest BCUT2D eigenvalue weighted by atomic mass is 10.1. The van der Waals surface area contributed by atoms with Crippen molar-refractivity contribution in [3.8, 4) is 11.5 Å². The third-order valence-electron chi connectivity index (χ3n) is 3.12. The number of hydrogen-bond acceptors (Lipinski definition) is 5. The number of esters is 1. The molecule has 0 atom stereocenters. The summed E-state index contributed by atoms with van der Waals surface area (Å²) in [5.74, 6) is 0.0690. The van der Waals surface area contributed by atoms with Crippen molar-refractivity contribution in [2.75, 3.05) is 20.8 Å². The molecule has 0 aliphatic rings. The predicted octanol–water partition coefficient (Wildman–Crippen LogP) is 3.35. The Morgan fingerprint density at radius 1 is 1.00 bits per heavy atom. The first kappa shape index (κ1) is 17.3. The lowest BCUT2D eigenvalue weighted by Crippen LogP contribution is -2.15. The smallest absolute Gasteiger partial charge is 0.338 e. The molecule has 2 aromatic carbocycles. The standard InChI is InChI=1S/C17H15IO5/c1-21-13-7-8-14(16(9-13)22-2)15(19)10-23-17(20)11-3-5-12(18)6-4-11/h3-9H,10H2,1-2H3. The quantitative estimate of drug-likeness (QED) is 0.403. The molecule has 0 aromatic heterocycles. The largest absolute Gasteiger partial charge is 0.497 e. The van der Waals surface area contributed by atoms with Crippen LogP contribution in [0.3, 0.4) is 0 Å². The van der Waals surface area contributed by atoms with Crippen molar-refractivity contribution >= 4 is 34.3 Å².